The summed E-state index contributed by atoms with van der Waals surface area (Å²) in [6, 6.07) is 3.31. The summed E-state index contributed by atoms with van der Waals surface area (Å²) in [6.45, 7) is 0. The highest BCUT2D eigenvalue weighted by Gasteiger charge is 2.44. The maximum atomic E-state index is 13.0. The lowest BCUT2D eigenvalue weighted by Crippen LogP contribution is -2.48. The zero-order valence-electron chi connectivity index (χ0n) is 11.2. The number of hydrogen-bond donors (Lipinski definition) is 3. The molecule has 2 atom stereocenters. The van der Waals surface area contributed by atoms with E-state index in [4.69, 9.17) is 5.11 Å². The second-order valence-corrected chi connectivity index (χ2v) is 5.63. The van der Waals surface area contributed by atoms with E-state index >= 15 is 0 Å². The van der Waals surface area contributed by atoms with Crippen LogP contribution in [0.5, 0.6) is 5.75 Å². The van der Waals surface area contributed by atoms with E-state index in [-0.39, 0.29) is 22.9 Å². The smallest absolute Gasteiger partial charge is 0.408 e. The van der Waals surface area contributed by atoms with Crippen molar-refractivity contribution in [2.45, 2.75) is 24.7 Å². The van der Waals surface area contributed by atoms with Crippen molar-refractivity contribution in [1.82, 2.24) is 5.32 Å². The van der Waals surface area contributed by atoms with Crippen LogP contribution < -0.4 is 5.32 Å². The number of halogens is 3. The number of aliphatic carboxylic acids is 1. The van der Waals surface area contributed by atoms with E-state index in [2.05, 4.69) is 10.3 Å². The Kier molecular flexibility index (Phi) is 4.84. The summed E-state index contributed by atoms with van der Waals surface area (Å²) in [7, 11) is 0. The molecule has 0 saturated heterocycles. The van der Waals surface area contributed by atoms with Gasteiger partial charge in [0.05, 0.1) is 11.8 Å². The van der Waals surface area contributed by atoms with Crippen molar-refractivity contribution in [3.05, 3.63) is 29.8 Å². The maximum absolute atomic E-state index is 13.0. The first-order valence-corrected chi connectivity index (χ1v) is 7.29. The quantitative estimate of drug-likeness (QED) is 0.791. The summed E-state index contributed by atoms with van der Waals surface area (Å²) < 4.78 is 39.0. The number of benzene rings is 1. The van der Waals surface area contributed by atoms with E-state index in [1.807, 2.05) is 0 Å². The van der Waals surface area contributed by atoms with Gasteiger partial charge >= 0.3 is 12.1 Å². The Labute approximate surface area is 128 Å². The minimum Gasteiger partial charge on any atom is -0.508 e. The average Bonchev–Trinajstić information content (AvgIpc) is 2.44. The monoisotopic (exact) mass is 334 g/mol. The van der Waals surface area contributed by atoms with Gasteiger partial charge < -0.3 is 15.5 Å². The zero-order chi connectivity index (χ0) is 16.3. The molecule has 22 heavy (non-hydrogen) atoms. The van der Waals surface area contributed by atoms with Crippen molar-refractivity contribution in [1.29, 1.82) is 0 Å². The SMILES string of the molecule is O=C(O)CSC1=NC(c2ccccc2O)CC(C(F)(F)F)N1. The van der Waals surface area contributed by atoms with Crippen LogP contribution in [0.25, 0.3) is 0 Å². The number of carboxylic acids is 1. The fourth-order valence-electron chi connectivity index (χ4n) is 2.05. The average molecular weight is 334 g/mol. The number of alkyl halides is 3. The van der Waals surface area contributed by atoms with Crippen LogP contribution >= 0.6 is 11.8 Å². The third-order valence-corrected chi connectivity index (χ3v) is 3.94. The highest BCUT2D eigenvalue weighted by Crippen LogP contribution is 2.37. The lowest BCUT2D eigenvalue weighted by molar-refractivity contribution is -0.155. The van der Waals surface area contributed by atoms with Gasteiger partial charge in [-0.15, -0.1) is 0 Å². The van der Waals surface area contributed by atoms with E-state index in [1.165, 1.54) is 12.1 Å². The Morgan fingerprint density at radius 2 is 2.09 bits per heavy atom. The molecule has 3 N–H and O–H groups in total. The molecule has 5 nitrogen and oxygen atoms in total. The Bertz CT molecular complexity index is 592. The molecule has 9 heteroatoms. The number of rotatable bonds is 3. The molecular weight excluding hydrogens is 321 g/mol. The molecule has 1 aliphatic rings. The summed E-state index contributed by atoms with van der Waals surface area (Å²) in [5, 5.41) is 20.5. The number of nitrogens with zero attached hydrogens (tertiary/aromatic N) is 1. The molecule has 0 bridgehead atoms. The van der Waals surface area contributed by atoms with Gasteiger partial charge in [0.2, 0.25) is 0 Å². The fraction of sp³-hybridized carbons (Fsp3) is 0.385. The van der Waals surface area contributed by atoms with E-state index in [9.17, 15) is 23.1 Å². The number of thioether (sulfide) groups is 1. The van der Waals surface area contributed by atoms with E-state index < -0.39 is 30.0 Å². The molecule has 0 aromatic heterocycles. The third kappa shape index (κ3) is 4.06. The molecule has 1 aromatic carbocycles. The number of para-hydroxylation sites is 1. The maximum Gasteiger partial charge on any atom is 0.408 e. The number of carboxylic acid groups (broad SMARTS) is 1. The number of amidine groups is 1. The van der Waals surface area contributed by atoms with Crippen molar-refractivity contribution in [3.8, 4) is 5.75 Å². The molecule has 0 saturated carbocycles. The van der Waals surface area contributed by atoms with Crippen molar-refractivity contribution in [3.63, 3.8) is 0 Å². The highest BCUT2D eigenvalue weighted by atomic mass is 32.2. The lowest BCUT2D eigenvalue weighted by Gasteiger charge is -2.31. The van der Waals surface area contributed by atoms with Crippen LogP contribution in [0.2, 0.25) is 0 Å². The topological polar surface area (TPSA) is 81.9 Å². The molecule has 1 aromatic rings. The third-order valence-electron chi connectivity index (χ3n) is 3.05. The van der Waals surface area contributed by atoms with Crippen LogP contribution in [0.1, 0.15) is 18.0 Å². The summed E-state index contributed by atoms with van der Waals surface area (Å²) in [4.78, 5) is 14.7. The number of phenols is 1. The molecule has 1 aliphatic heterocycles. The standard InChI is InChI=1S/C13H13F3N2O3S/c14-13(15,16)10-5-8(7-3-1-2-4-9(7)19)17-12(18-10)22-6-11(20)21/h1-4,8,10,19H,5-6H2,(H,17,18)(H,20,21). The van der Waals surface area contributed by atoms with Crippen molar-refractivity contribution < 1.29 is 28.2 Å². The zero-order valence-corrected chi connectivity index (χ0v) is 12.0. The van der Waals surface area contributed by atoms with Crippen molar-refractivity contribution in [2.24, 2.45) is 4.99 Å². The van der Waals surface area contributed by atoms with Gasteiger partial charge in [-0.05, 0) is 6.07 Å². The largest absolute Gasteiger partial charge is 0.508 e. The normalized spacial score (nSPS) is 21.9. The molecular formula is C13H13F3N2O3S. The van der Waals surface area contributed by atoms with Gasteiger partial charge in [0.15, 0.2) is 5.17 Å². The number of hydrogen-bond acceptors (Lipinski definition) is 5. The molecule has 0 spiro atoms. The van der Waals surface area contributed by atoms with Gasteiger partial charge in [0.1, 0.15) is 11.8 Å². The molecule has 0 aliphatic carbocycles. The van der Waals surface area contributed by atoms with E-state index in [1.54, 1.807) is 12.1 Å². The van der Waals surface area contributed by atoms with Gasteiger partial charge in [-0.25, -0.2) is 0 Å². The summed E-state index contributed by atoms with van der Waals surface area (Å²) in [5.74, 6) is -1.69. The Hall–Kier alpha value is -1.90. The first-order chi connectivity index (χ1) is 10.3. The molecule has 2 unspecified atom stereocenters. The van der Waals surface area contributed by atoms with E-state index in [0.29, 0.717) is 11.8 Å². The van der Waals surface area contributed by atoms with Gasteiger partial charge in [0, 0.05) is 12.0 Å². The fourth-order valence-corrected chi connectivity index (χ4v) is 2.74. The van der Waals surface area contributed by atoms with Crippen molar-refractivity contribution >= 4 is 22.9 Å². The predicted octanol–water partition coefficient (Wildman–Crippen LogP) is 2.53. The van der Waals surface area contributed by atoms with Crippen LogP contribution in [-0.2, 0) is 4.79 Å². The first-order valence-electron chi connectivity index (χ1n) is 6.31. The van der Waals surface area contributed by atoms with E-state index in [0.717, 1.165) is 0 Å². The second kappa shape index (κ2) is 6.47. The second-order valence-electron chi connectivity index (χ2n) is 4.67. The lowest BCUT2D eigenvalue weighted by atomic mass is 9.97. The number of nitrogens with one attached hydrogen (secondary N) is 1. The van der Waals surface area contributed by atoms with Crippen LogP contribution in [0.4, 0.5) is 13.2 Å². The number of aromatic hydroxyl groups is 1. The predicted molar refractivity (Wildman–Crippen MR) is 76.0 cm³/mol. The molecule has 2 rings (SSSR count). The van der Waals surface area contributed by atoms with Gasteiger partial charge in [-0.1, -0.05) is 30.0 Å². The Morgan fingerprint density at radius 3 is 2.68 bits per heavy atom. The summed E-state index contributed by atoms with van der Waals surface area (Å²) in [6.07, 6.45) is -4.86. The molecule has 0 radical (unpaired) electrons. The number of carbonyl (C=O) groups is 1. The van der Waals surface area contributed by atoms with Crippen molar-refractivity contribution in [2.75, 3.05) is 5.75 Å². The molecule has 0 fully saturated rings. The summed E-state index contributed by atoms with van der Waals surface area (Å²) in [5.41, 5.74) is 0.284. The summed E-state index contributed by atoms with van der Waals surface area (Å²) >= 11 is 0.687. The minimum atomic E-state index is -4.49. The van der Waals surface area contributed by atoms with Gasteiger partial charge in [0.25, 0.3) is 0 Å². The molecule has 1 heterocycles. The van der Waals surface area contributed by atoms with Gasteiger partial charge in [-0.3, -0.25) is 9.79 Å². The first kappa shape index (κ1) is 16.5. The minimum absolute atomic E-state index is 0.0933. The van der Waals surface area contributed by atoms with Crippen LogP contribution in [0.15, 0.2) is 29.3 Å². The molecule has 120 valence electrons. The number of aliphatic imine (C=N–C) groups is 1. The number of phenolic OH excluding ortho intramolecular Hbond substituents is 1. The van der Waals surface area contributed by atoms with Crippen LogP contribution in [0.3, 0.4) is 0 Å². The molecule has 0 amide bonds. The van der Waals surface area contributed by atoms with Crippen LogP contribution in [-0.4, -0.2) is 39.3 Å². The van der Waals surface area contributed by atoms with Crippen LogP contribution in [0, 0.1) is 0 Å². The van der Waals surface area contributed by atoms with Gasteiger partial charge in [-0.2, -0.15) is 13.2 Å². The Balaban J connectivity index is 2.28. The highest BCUT2D eigenvalue weighted by molar-refractivity contribution is 8.14. The Morgan fingerprint density at radius 1 is 1.41 bits per heavy atom.